The standard InChI is InChI=1S/C15H28N2O/c1-2-5-15-13-17(12-14(15)4-1)7-3-6-16-8-10-18-11-9-16/h14-15H,1-13H2/t14-,15-/m1/s1. The molecule has 0 amide bonds. The highest BCUT2D eigenvalue weighted by Gasteiger charge is 2.33. The molecule has 3 rings (SSSR count). The van der Waals surface area contributed by atoms with Crippen LogP contribution in [0, 0.1) is 11.8 Å². The van der Waals surface area contributed by atoms with Crippen molar-refractivity contribution in [3.8, 4) is 0 Å². The van der Waals surface area contributed by atoms with Gasteiger partial charge in [0.25, 0.3) is 0 Å². The largest absolute Gasteiger partial charge is 0.379 e. The molecule has 0 spiro atoms. The summed E-state index contributed by atoms with van der Waals surface area (Å²) in [5.41, 5.74) is 0. The maximum Gasteiger partial charge on any atom is 0.0594 e. The number of nitrogens with zero attached hydrogens (tertiary/aromatic N) is 2. The van der Waals surface area contributed by atoms with Crippen molar-refractivity contribution in [3.05, 3.63) is 0 Å². The molecule has 0 aromatic rings. The average molecular weight is 252 g/mol. The first kappa shape index (κ1) is 12.9. The highest BCUT2D eigenvalue weighted by Crippen LogP contribution is 2.35. The summed E-state index contributed by atoms with van der Waals surface area (Å²) < 4.78 is 5.39. The van der Waals surface area contributed by atoms with E-state index >= 15 is 0 Å². The number of hydrogen-bond donors (Lipinski definition) is 0. The van der Waals surface area contributed by atoms with Crippen LogP contribution in [0.4, 0.5) is 0 Å². The number of morpholine rings is 1. The van der Waals surface area contributed by atoms with Gasteiger partial charge in [0, 0.05) is 26.2 Å². The molecule has 0 bridgehead atoms. The van der Waals surface area contributed by atoms with Crippen molar-refractivity contribution >= 4 is 0 Å². The van der Waals surface area contributed by atoms with Crippen LogP contribution in [0.15, 0.2) is 0 Å². The van der Waals surface area contributed by atoms with E-state index in [0.29, 0.717) is 0 Å². The molecule has 0 N–H and O–H groups in total. The molecule has 3 heteroatoms. The molecule has 0 unspecified atom stereocenters. The van der Waals surface area contributed by atoms with Crippen LogP contribution in [-0.4, -0.2) is 62.3 Å². The number of likely N-dealkylation sites (tertiary alicyclic amines) is 1. The van der Waals surface area contributed by atoms with E-state index < -0.39 is 0 Å². The monoisotopic (exact) mass is 252 g/mol. The SMILES string of the molecule is C1CC[C@@H]2CN(CCCN3CCOCC3)C[C@H]2C1. The summed E-state index contributed by atoms with van der Waals surface area (Å²) in [5.74, 6) is 2.09. The molecule has 1 aliphatic carbocycles. The van der Waals surface area contributed by atoms with E-state index in [1.165, 1.54) is 58.3 Å². The Kier molecular flexibility index (Phi) is 4.55. The Labute approximate surface area is 111 Å². The van der Waals surface area contributed by atoms with Crippen molar-refractivity contribution in [2.75, 3.05) is 52.5 Å². The molecule has 2 heterocycles. The van der Waals surface area contributed by atoms with E-state index in [2.05, 4.69) is 9.80 Å². The predicted molar refractivity (Wildman–Crippen MR) is 73.8 cm³/mol. The zero-order chi connectivity index (χ0) is 12.2. The van der Waals surface area contributed by atoms with Gasteiger partial charge in [-0.15, -0.1) is 0 Å². The third-order valence-corrected chi connectivity index (χ3v) is 5.10. The average Bonchev–Trinajstić information content (AvgIpc) is 2.82. The van der Waals surface area contributed by atoms with Gasteiger partial charge in [-0.25, -0.2) is 0 Å². The van der Waals surface area contributed by atoms with Crippen molar-refractivity contribution in [1.29, 1.82) is 0 Å². The maximum atomic E-state index is 5.39. The fraction of sp³-hybridized carbons (Fsp3) is 1.00. The second-order valence-corrected chi connectivity index (χ2v) is 6.37. The van der Waals surface area contributed by atoms with Crippen molar-refractivity contribution < 1.29 is 4.74 Å². The minimum Gasteiger partial charge on any atom is -0.379 e. The third-order valence-electron chi connectivity index (χ3n) is 5.10. The Bertz CT molecular complexity index is 239. The van der Waals surface area contributed by atoms with Crippen LogP contribution in [0.3, 0.4) is 0 Å². The fourth-order valence-corrected chi connectivity index (χ4v) is 4.03. The lowest BCUT2D eigenvalue weighted by Crippen LogP contribution is -2.38. The number of hydrogen-bond acceptors (Lipinski definition) is 3. The number of rotatable bonds is 4. The highest BCUT2D eigenvalue weighted by molar-refractivity contribution is 4.86. The number of fused-ring (bicyclic) bond motifs is 1. The molecule has 0 aromatic carbocycles. The summed E-state index contributed by atoms with van der Waals surface area (Å²) >= 11 is 0. The second kappa shape index (κ2) is 6.36. The first-order valence-corrected chi connectivity index (χ1v) is 7.94. The molecule has 104 valence electrons. The predicted octanol–water partition coefficient (Wildman–Crippen LogP) is 1.83. The Morgan fingerprint density at radius 2 is 1.44 bits per heavy atom. The molecule has 0 radical (unpaired) electrons. The van der Waals surface area contributed by atoms with E-state index in [4.69, 9.17) is 4.74 Å². The van der Waals surface area contributed by atoms with E-state index in [0.717, 1.165) is 38.1 Å². The summed E-state index contributed by atoms with van der Waals surface area (Å²) in [5, 5.41) is 0. The van der Waals surface area contributed by atoms with Crippen molar-refractivity contribution in [2.24, 2.45) is 11.8 Å². The van der Waals surface area contributed by atoms with Crippen LogP contribution in [0.25, 0.3) is 0 Å². The molecule has 2 saturated heterocycles. The molecular weight excluding hydrogens is 224 g/mol. The van der Waals surface area contributed by atoms with Crippen LogP contribution in [0.5, 0.6) is 0 Å². The van der Waals surface area contributed by atoms with Crippen LogP contribution in [-0.2, 0) is 4.74 Å². The maximum absolute atomic E-state index is 5.39. The molecule has 18 heavy (non-hydrogen) atoms. The summed E-state index contributed by atoms with van der Waals surface area (Å²) in [4.78, 5) is 5.30. The van der Waals surface area contributed by atoms with Crippen molar-refractivity contribution in [1.82, 2.24) is 9.80 Å². The highest BCUT2D eigenvalue weighted by atomic mass is 16.5. The van der Waals surface area contributed by atoms with Gasteiger partial charge in [-0.3, -0.25) is 4.90 Å². The van der Waals surface area contributed by atoms with Gasteiger partial charge in [0.1, 0.15) is 0 Å². The summed E-state index contributed by atoms with van der Waals surface area (Å²) in [7, 11) is 0. The van der Waals surface area contributed by atoms with Gasteiger partial charge in [0.2, 0.25) is 0 Å². The van der Waals surface area contributed by atoms with E-state index in [1.54, 1.807) is 0 Å². The Balaban J connectivity index is 1.34. The van der Waals surface area contributed by atoms with Gasteiger partial charge >= 0.3 is 0 Å². The van der Waals surface area contributed by atoms with Gasteiger partial charge in [-0.2, -0.15) is 0 Å². The third kappa shape index (κ3) is 3.25. The molecule has 3 aliphatic rings. The normalized spacial score (nSPS) is 34.7. The topological polar surface area (TPSA) is 15.7 Å². The molecule has 2 aliphatic heterocycles. The lowest BCUT2D eigenvalue weighted by molar-refractivity contribution is 0.0363. The molecule has 2 atom stereocenters. The molecule has 0 aromatic heterocycles. The van der Waals surface area contributed by atoms with Crippen LogP contribution < -0.4 is 0 Å². The first-order chi connectivity index (χ1) is 8.92. The fourth-order valence-electron chi connectivity index (χ4n) is 4.03. The lowest BCUT2D eigenvalue weighted by Gasteiger charge is -2.27. The second-order valence-electron chi connectivity index (χ2n) is 6.37. The zero-order valence-electron chi connectivity index (χ0n) is 11.6. The van der Waals surface area contributed by atoms with Gasteiger partial charge in [0.05, 0.1) is 13.2 Å². The number of ether oxygens (including phenoxy) is 1. The van der Waals surface area contributed by atoms with Crippen molar-refractivity contribution in [2.45, 2.75) is 32.1 Å². The quantitative estimate of drug-likeness (QED) is 0.759. The molecular formula is C15H28N2O. The lowest BCUT2D eigenvalue weighted by atomic mass is 9.82. The van der Waals surface area contributed by atoms with Gasteiger partial charge in [-0.05, 0) is 44.2 Å². The van der Waals surface area contributed by atoms with Crippen LogP contribution >= 0.6 is 0 Å². The zero-order valence-corrected chi connectivity index (χ0v) is 11.6. The smallest absolute Gasteiger partial charge is 0.0594 e. The summed E-state index contributed by atoms with van der Waals surface area (Å²) in [6.07, 6.45) is 7.33. The molecule has 1 saturated carbocycles. The van der Waals surface area contributed by atoms with Gasteiger partial charge in [-0.1, -0.05) is 12.8 Å². The minimum atomic E-state index is 0.938. The Hall–Kier alpha value is -0.120. The van der Waals surface area contributed by atoms with E-state index in [1.807, 2.05) is 0 Å². The van der Waals surface area contributed by atoms with Gasteiger partial charge < -0.3 is 9.64 Å². The first-order valence-electron chi connectivity index (χ1n) is 7.94. The van der Waals surface area contributed by atoms with Gasteiger partial charge in [0.15, 0.2) is 0 Å². The van der Waals surface area contributed by atoms with Crippen LogP contribution in [0.2, 0.25) is 0 Å². The molecule has 3 fully saturated rings. The summed E-state index contributed by atoms with van der Waals surface area (Å²) in [6, 6.07) is 0. The Morgan fingerprint density at radius 1 is 0.833 bits per heavy atom. The summed E-state index contributed by atoms with van der Waals surface area (Å²) in [6.45, 7) is 9.55. The Morgan fingerprint density at radius 3 is 2.11 bits per heavy atom. The minimum absolute atomic E-state index is 0.938. The van der Waals surface area contributed by atoms with E-state index in [-0.39, 0.29) is 0 Å². The van der Waals surface area contributed by atoms with Crippen molar-refractivity contribution in [3.63, 3.8) is 0 Å². The molecule has 3 nitrogen and oxygen atoms in total. The van der Waals surface area contributed by atoms with E-state index in [9.17, 15) is 0 Å². The van der Waals surface area contributed by atoms with Crippen LogP contribution in [0.1, 0.15) is 32.1 Å².